The number of likely N-dealkylation sites (tertiary alicyclic amines) is 1. The molecule has 1 aliphatic heterocycles. The van der Waals surface area contributed by atoms with Crippen LogP contribution in [0.1, 0.15) is 59.3 Å². The predicted molar refractivity (Wildman–Crippen MR) is 81.0 cm³/mol. The Morgan fingerprint density at radius 3 is 2.63 bits per heavy atom. The maximum atomic E-state index is 9.11. The molecule has 3 nitrogen and oxygen atoms in total. The third kappa shape index (κ3) is 5.93. The van der Waals surface area contributed by atoms with Crippen molar-refractivity contribution in [2.45, 2.75) is 64.8 Å². The molecule has 1 atom stereocenters. The summed E-state index contributed by atoms with van der Waals surface area (Å²) in [5, 5.41) is 12.2. The number of nitrogens with one attached hydrogen (secondary N) is 1. The van der Waals surface area contributed by atoms with Crippen LogP contribution < -0.4 is 5.32 Å². The fraction of sp³-hybridized carbons (Fsp3) is 0.938. The number of nitrogens with zero attached hydrogens (tertiary/aromatic N) is 2. The summed E-state index contributed by atoms with van der Waals surface area (Å²) in [4.78, 5) is 2.61. The van der Waals surface area contributed by atoms with Crippen LogP contribution in [-0.2, 0) is 0 Å². The Labute approximate surface area is 119 Å². The average molecular weight is 265 g/mol. The lowest BCUT2D eigenvalue weighted by Crippen LogP contribution is -2.38. The van der Waals surface area contributed by atoms with E-state index < -0.39 is 0 Å². The van der Waals surface area contributed by atoms with E-state index in [1.165, 1.54) is 45.3 Å². The van der Waals surface area contributed by atoms with Gasteiger partial charge >= 0.3 is 0 Å². The quantitative estimate of drug-likeness (QED) is 0.750. The van der Waals surface area contributed by atoms with E-state index in [2.05, 4.69) is 30.1 Å². The van der Waals surface area contributed by atoms with Crippen LogP contribution in [0.25, 0.3) is 0 Å². The minimum Gasteiger partial charge on any atom is -0.303 e. The molecular formula is C16H31N3. The maximum Gasteiger partial charge on any atom is 0.103 e. The molecule has 1 N–H and O–H groups in total. The summed E-state index contributed by atoms with van der Waals surface area (Å²) in [7, 11) is 1.88. The summed E-state index contributed by atoms with van der Waals surface area (Å²) in [5.41, 5.74) is 0.182. The zero-order valence-electron chi connectivity index (χ0n) is 13.3. The zero-order valence-corrected chi connectivity index (χ0v) is 13.3. The van der Waals surface area contributed by atoms with Crippen LogP contribution in [0.2, 0.25) is 0 Å². The molecule has 0 spiro atoms. The first-order valence-corrected chi connectivity index (χ1v) is 7.73. The van der Waals surface area contributed by atoms with Crippen molar-refractivity contribution in [2.24, 2.45) is 5.41 Å². The molecule has 3 heteroatoms. The molecule has 0 aromatic heterocycles. The molecule has 0 aromatic carbocycles. The van der Waals surface area contributed by atoms with E-state index in [1.54, 1.807) is 0 Å². The minimum absolute atomic E-state index is 0.346. The van der Waals surface area contributed by atoms with Gasteiger partial charge in [0.2, 0.25) is 0 Å². The van der Waals surface area contributed by atoms with Gasteiger partial charge in [-0.2, -0.15) is 5.26 Å². The van der Waals surface area contributed by atoms with E-state index in [1.807, 2.05) is 14.0 Å². The Morgan fingerprint density at radius 1 is 1.26 bits per heavy atom. The largest absolute Gasteiger partial charge is 0.303 e. The molecule has 1 rings (SSSR count). The van der Waals surface area contributed by atoms with E-state index in [0.717, 1.165) is 12.8 Å². The summed E-state index contributed by atoms with van der Waals surface area (Å²) in [6.07, 6.45) is 7.29. The first kappa shape index (κ1) is 16.5. The second kappa shape index (κ2) is 7.26. The Bertz CT molecular complexity index is 306. The van der Waals surface area contributed by atoms with Crippen molar-refractivity contribution in [1.82, 2.24) is 10.2 Å². The molecule has 110 valence electrons. The lowest BCUT2D eigenvalue weighted by atomic mass is 9.85. The van der Waals surface area contributed by atoms with Crippen molar-refractivity contribution < 1.29 is 0 Å². The predicted octanol–water partition coefficient (Wildman–Crippen LogP) is 3.17. The van der Waals surface area contributed by atoms with E-state index in [0.29, 0.717) is 5.41 Å². The number of nitriles is 1. The standard InChI is InChI=1S/C16H31N3/c1-15(2)8-7-12-19(13-10-15)11-6-5-9-16(3,14-17)18-4/h18H,5-13H2,1-4H3. The van der Waals surface area contributed by atoms with Gasteiger partial charge in [0, 0.05) is 0 Å². The van der Waals surface area contributed by atoms with Crippen LogP contribution in [-0.4, -0.2) is 37.1 Å². The Balaban J connectivity index is 2.21. The zero-order chi connectivity index (χ0) is 14.4. The highest BCUT2D eigenvalue weighted by Gasteiger charge is 2.23. The van der Waals surface area contributed by atoms with Crippen molar-refractivity contribution >= 4 is 0 Å². The number of hydrogen-bond acceptors (Lipinski definition) is 3. The first-order chi connectivity index (χ1) is 8.91. The van der Waals surface area contributed by atoms with Gasteiger partial charge in [-0.25, -0.2) is 0 Å². The summed E-state index contributed by atoms with van der Waals surface area (Å²) < 4.78 is 0. The van der Waals surface area contributed by atoms with Gasteiger partial charge in [0.25, 0.3) is 0 Å². The van der Waals surface area contributed by atoms with Gasteiger partial charge < -0.3 is 10.2 Å². The van der Waals surface area contributed by atoms with E-state index >= 15 is 0 Å². The SMILES string of the molecule is CNC(C)(C#N)CCCCN1CCCC(C)(C)CC1. The molecule has 0 saturated carbocycles. The van der Waals surface area contributed by atoms with Gasteiger partial charge in [0.05, 0.1) is 6.07 Å². The lowest BCUT2D eigenvalue weighted by molar-refractivity contribution is 0.255. The summed E-state index contributed by atoms with van der Waals surface area (Å²) >= 11 is 0. The van der Waals surface area contributed by atoms with Gasteiger partial charge in [-0.05, 0) is 77.5 Å². The molecule has 1 fully saturated rings. The molecule has 0 aliphatic carbocycles. The molecule has 1 saturated heterocycles. The topological polar surface area (TPSA) is 39.1 Å². The van der Waals surface area contributed by atoms with Gasteiger partial charge in [-0.1, -0.05) is 13.8 Å². The van der Waals surface area contributed by atoms with Gasteiger partial charge in [0.15, 0.2) is 0 Å². The molecular weight excluding hydrogens is 234 g/mol. The lowest BCUT2D eigenvalue weighted by Gasteiger charge is -2.24. The highest BCUT2D eigenvalue weighted by atomic mass is 15.1. The van der Waals surface area contributed by atoms with Crippen LogP contribution in [0.5, 0.6) is 0 Å². The van der Waals surface area contributed by atoms with Gasteiger partial charge in [0.1, 0.15) is 5.54 Å². The van der Waals surface area contributed by atoms with Crippen molar-refractivity contribution in [3.05, 3.63) is 0 Å². The van der Waals surface area contributed by atoms with E-state index in [-0.39, 0.29) is 5.54 Å². The number of rotatable bonds is 6. The van der Waals surface area contributed by atoms with Gasteiger partial charge in [-0.3, -0.25) is 0 Å². The van der Waals surface area contributed by atoms with Crippen LogP contribution in [0.3, 0.4) is 0 Å². The Hall–Kier alpha value is -0.590. The number of unbranched alkanes of at least 4 members (excludes halogenated alkanes) is 1. The Morgan fingerprint density at radius 2 is 2.00 bits per heavy atom. The molecule has 0 amide bonds. The van der Waals surface area contributed by atoms with Crippen LogP contribution in [0.15, 0.2) is 0 Å². The van der Waals surface area contributed by atoms with Crippen LogP contribution in [0.4, 0.5) is 0 Å². The normalized spacial score (nSPS) is 23.3. The highest BCUT2D eigenvalue weighted by Crippen LogP contribution is 2.29. The molecule has 1 unspecified atom stereocenters. The fourth-order valence-corrected chi connectivity index (χ4v) is 2.75. The first-order valence-electron chi connectivity index (χ1n) is 7.73. The number of hydrogen-bond donors (Lipinski definition) is 1. The molecule has 0 aromatic rings. The highest BCUT2D eigenvalue weighted by molar-refractivity contribution is 5.02. The average Bonchev–Trinajstić information content (AvgIpc) is 2.56. The van der Waals surface area contributed by atoms with Crippen LogP contribution in [0, 0.1) is 16.7 Å². The van der Waals surface area contributed by atoms with Crippen molar-refractivity contribution in [3.63, 3.8) is 0 Å². The summed E-state index contributed by atoms with van der Waals surface area (Å²) in [6, 6.07) is 2.36. The molecule has 1 heterocycles. The summed E-state index contributed by atoms with van der Waals surface area (Å²) in [6.45, 7) is 10.5. The Kier molecular flexibility index (Phi) is 6.29. The summed E-state index contributed by atoms with van der Waals surface area (Å²) in [5.74, 6) is 0. The fourth-order valence-electron chi connectivity index (χ4n) is 2.75. The van der Waals surface area contributed by atoms with Crippen molar-refractivity contribution in [3.8, 4) is 6.07 Å². The third-order valence-electron chi connectivity index (χ3n) is 4.63. The minimum atomic E-state index is -0.346. The molecule has 0 bridgehead atoms. The second-order valence-electron chi connectivity index (χ2n) is 7.01. The molecule has 0 radical (unpaired) electrons. The molecule has 19 heavy (non-hydrogen) atoms. The van der Waals surface area contributed by atoms with Crippen molar-refractivity contribution in [2.75, 3.05) is 26.7 Å². The van der Waals surface area contributed by atoms with Crippen molar-refractivity contribution in [1.29, 1.82) is 5.26 Å². The monoisotopic (exact) mass is 265 g/mol. The maximum absolute atomic E-state index is 9.11. The van der Waals surface area contributed by atoms with Gasteiger partial charge in [-0.15, -0.1) is 0 Å². The van der Waals surface area contributed by atoms with E-state index in [9.17, 15) is 0 Å². The van der Waals surface area contributed by atoms with E-state index in [4.69, 9.17) is 5.26 Å². The third-order valence-corrected chi connectivity index (χ3v) is 4.63. The smallest absolute Gasteiger partial charge is 0.103 e. The second-order valence-corrected chi connectivity index (χ2v) is 7.01. The van der Waals surface area contributed by atoms with Crippen LogP contribution >= 0.6 is 0 Å². The molecule has 1 aliphatic rings.